The van der Waals surface area contributed by atoms with E-state index >= 15 is 0 Å². The van der Waals surface area contributed by atoms with E-state index in [1.54, 1.807) is 11.9 Å². The Morgan fingerprint density at radius 3 is 2.60 bits per heavy atom. The van der Waals surface area contributed by atoms with Gasteiger partial charge in [-0.2, -0.15) is 0 Å². The van der Waals surface area contributed by atoms with Crippen LogP contribution in [0.5, 0.6) is 0 Å². The molecule has 2 heterocycles. The Balaban J connectivity index is 1.97. The van der Waals surface area contributed by atoms with Crippen LogP contribution >= 0.6 is 0 Å². The van der Waals surface area contributed by atoms with Crippen molar-refractivity contribution in [2.75, 3.05) is 26.7 Å². The average Bonchev–Trinajstić information content (AvgIpc) is 2.76. The van der Waals surface area contributed by atoms with Crippen LogP contribution in [0, 0.1) is 5.92 Å². The highest BCUT2D eigenvalue weighted by Crippen LogP contribution is 2.24. The van der Waals surface area contributed by atoms with Gasteiger partial charge in [-0.15, -0.1) is 0 Å². The molecule has 2 saturated heterocycles. The Morgan fingerprint density at radius 1 is 1.40 bits per heavy atom. The van der Waals surface area contributed by atoms with Gasteiger partial charge in [-0.25, -0.2) is 0 Å². The monoisotopic (exact) mass is 212 g/mol. The van der Waals surface area contributed by atoms with Crippen molar-refractivity contribution >= 4 is 11.9 Å². The zero-order valence-electron chi connectivity index (χ0n) is 8.85. The van der Waals surface area contributed by atoms with Crippen LogP contribution in [0.4, 0.5) is 0 Å². The van der Waals surface area contributed by atoms with Gasteiger partial charge in [0.1, 0.15) is 0 Å². The highest BCUT2D eigenvalue weighted by molar-refractivity contribution is 5.83. The Kier molecular flexibility index (Phi) is 2.65. The maximum atomic E-state index is 11.7. The molecule has 2 aliphatic rings. The second-order valence-electron chi connectivity index (χ2n) is 4.38. The van der Waals surface area contributed by atoms with E-state index in [2.05, 4.69) is 0 Å². The molecular weight excluding hydrogens is 196 g/mol. The van der Waals surface area contributed by atoms with Gasteiger partial charge in [0.2, 0.25) is 5.91 Å². The summed E-state index contributed by atoms with van der Waals surface area (Å²) in [5.41, 5.74) is 0. The zero-order chi connectivity index (χ0) is 11.0. The SMILES string of the molecule is CN1CCC(N2CCC(C(=O)O)C2)C1=O. The average molecular weight is 212 g/mol. The minimum Gasteiger partial charge on any atom is -0.481 e. The molecule has 1 N–H and O–H groups in total. The third kappa shape index (κ3) is 1.84. The molecule has 0 aromatic rings. The quantitative estimate of drug-likeness (QED) is 0.678. The van der Waals surface area contributed by atoms with Crippen LogP contribution in [0.25, 0.3) is 0 Å². The maximum Gasteiger partial charge on any atom is 0.307 e. The van der Waals surface area contributed by atoms with E-state index in [9.17, 15) is 9.59 Å². The fourth-order valence-corrected chi connectivity index (χ4v) is 2.41. The minimum atomic E-state index is -0.740. The third-order valence-electron chi connectivity index (χ3n) is 3.41. The normalized spacial score (nSPS) is 32.6. The van der Waals surface area contributed by atoms with Crippen molar-refractivity contribution in [3.05, 3.63) is 0 Å². The van der Waals surface area contributed by atoms with Crippen molar-refractivity contribution in [1.82, 2.24) is 9.80 Å². The standard InChI is InChI=1S/C10H16N2O3/c1-11-4-3-8(9(11)13)12-5-2-7(6-12)10(14)15/h7-8H,2-6H2,1H3,(H,14,15). The predicted octanol–water partition coefficient (Wildman–Crippen LogP) is -0.376. The second kappa shape index (κ2) is 3.81. The number of carbonyl (C=O) groups is 2. The summed E-state index contributed by atoms with van der Waals surface area (Å²) in [6, 6.07) is -0.0700. The summed E-state index contributed by atoms with van der Waals surface area (Å²) in [6.45, 7) is 2.05. The molecule has 0 bridgehead atoms. The van der Waals surface area contributed by atoms with Crippen LogP contribution in [-0.2, 0) is 9.59 Å². The van der Waals surface area contributed by atoms with E-state index in [1.165, 1.54) is 0 Å². The molecule has 0 spiro atoms. The van der Waals surface area contributed by atoms with E-state index in [0.717, 1.165) is 19.5 Å². The van der Waals surface area contributed by atoms with E-state index in [0.29, 0.717) is 13.0 Å². The van der Waals surface area contributed by atoms with Crippen LogP contribution in [0.15, 0.2) is 0 Å². The fraction of sp³-hybridized carbons (Fsp3) is 0.800. The number of carboxylic acid groups (broad SMARTS) is 1. The largest absolute Gasteiger partial charge is 0.481 e. The molecule has 84 valence electrons. The fourth-order valence-electron chi connectivity index (χ4n) is 2.41. The van der Waals surface area contributed by atoms with Crippen molar-refractivity contribution in [2.45, 2.75) is 18.9 Å². The van der Waals surface area contributed by atoms with Crippen molar-refractivity contribution < 1.29 is 14.7 Å². The Bertz CT molecular complexity index is 292. The zero-order valence-corrected chi connectivity index (χ0v) is 8.85. The van der Waals surface area contributed by atoms with E-state index in [1.807, 2.05) is 4.90 Å². The lowest BCUT2D eigenvalue weighted by Gasteiger charge is -2.21. The van der Waals surface area contributed by atoms with Crippen molar-refractivity contribution in [3.63, 3.8) is 0 Å². The lowest BCUT2D eigenvalue weighted by molar-refractivity contribution is -0.141. The Labute approximate surface area is 88.6 Å². The van der Waals surface area contributed by atoms with Crippen LogP contribution in [0.1, 0.15) is 12.8 Å². The summed E-state index contributed by atoms with van der Waals surface area (Å²) in [5.74, 6) is -0.888. The summed E-state index contributed by atoms with van der Waals surface area (Å²) in [4.78, 5) is 26.2. The van der Waals surface area contributed by atoms with E-state index in [-0.39, 0.29) is 17.9 Å². The first-order valence-electron chi connectivity index (χ1n) is 5.31. The van der Waals surface area contributed by atoms with Gasteiger partial charge < -0.3 is 10.0 Å². The minimum absolute atomic E-state index is 0.0700. The van der Waals surface area contributed by atoms with Crippen molar-refractivity contribution in [1.29, 1.82) is 0 Å². The summed E-state index contributed by atoms with van der Waals surface area (Å²) >= 11 is 0. The molecule has 2 rings (SSSR count). The second-order valence-corrected chi connectivity index (χ2v) is 4.38. The molecule has 5 nitrogen and oxygen atoms in total. The molecule has 2 unspecified atom stereocenters. The first-order chi connectivity index (χ1) is 7.09. The summed E-state index contributed by atoms with van der Waals surface area (Å²) < 4.78 is 0. The highest BCUT2D eigenvalue weighted by atomic mass is 16.4. The summed E-state index contributed by atoms with van der Waals surface area (Å²) in [5, 5.41) is 8.87. The number of likely N-dealkylation sites (N-methyl/N-ethyl adjacent to an activating group) is 1. The van der Waals surface area contributed by atoms with Gasteiger partial charge in [-0.05, 0) is 19.4 Å². The van der Waals surface area contributed by atoms with Crippen LogP contribution in [0.2, 0.25) is 0 Å². The lowest BCUT2D eigenvalue weighted by Crippen LogP contribution is -2.40. The number of carbonyl (C=O) groups excluding carboxylic acids is 1. The van der Waals surface area contributed by atoms with Crippen molar-refractivity contribution in [2.24, 2.45) is 5.92 Å². The number of aliphatic carboxylic acids is 1. The predicted molar refractivity (Wildman–Crippen MR) is 53.4 cm³/mol. The molecule has 2 atom stereocenters. The number of carboxylic acids is 1. The summed E-state index contributed by atoms with van der Waals surface area (Å²) in [7, 11) is 1.80. The Hall–Kier alpha value is -1.10. The van der Waals surface area contributed by atoms with Gasteiger partial charge in [0, 0.05) is 20.1 Å². The topological polar surface area (TPSA) is 60.9 Å². The number of rotatable bonds is 2. The molecule has 0 radical (unpaired) electrons. The van der Waals surface area contributed by atoms with Crippen LogP contribution in [-0.4, -0.2) is 59.5 Å². The van der Waals surface area contributed by atoms with Gasteiger partial charge in [0.25, 0.3) is 0 Å². The van der Waals surface area contributed by atoms with Gasteiger partial charge in [-0.1, -0.05) is 0 Å². The molecule has 5 heteroatoms. The highest BCUT2D eigenvalue weighted by Gasteiger charge is 2.39. The maximum absolute atomic E-state index is 11.7. The summed E-state index contributed by atoms with van der Waals surface area (Å²) in [6.07, 6.45) is 1.50. The number of hydrogen-bond acceptors (Lipinski definition) is 3. The molecular formula is C10H16N2O3. The van der Waals surface area contributed by atoms with Crippen LogP contribution < -0.4 is 0 Å². The number of likely N-dealkylation sites (tertiary alicyclic amines) is 2. The molecule has 0 aromatic heterocycles. The van der Waals surface area contributed by atoms with E-state index in [4.69, 9.17) is 5.11 Å². The van der Waals surface area contributed by atoms with Gasteiger partial charge >= 0.3 is 5.97 Å². The number of hydrogen-bond donors (Lipinski definition) is 1. The Morgan fingerprint density at radius 2 is 2.13 bits per heavy atom. The van der Waals surface area contributed by atoms with Gasteiger partial charge in [0.15, 0.2) is 0 Å². The van der Waals surface area contributed by atoms with E-state index < -0.39 is 5.97 Å². The van der Waals surface area contributed by atoms with Crippen LogP contribution in [0.3, 0.4) is 0 Å². The third-order valence-corrected chi connectivity index (χ3v) is 3.41. The van der Waals surface area contributed by atoms with Gasteiger partial charge in [0.05, 0.1) is 12.0 Å². The molecule has 0 aliphatic carbocycles. The molecule has 0 saturated carbocycles. The molecule has 0 aromatic carbocycles. The number of amides is 1. The molecule has 15 heavy (non-hydrogen) atoms. The smallest absolute Gasteiger partial charge is 0.307 e. The molecule has 2 aliphatic heterocycles. The molecule has 1 amide bonds. The lowest BCUT2D eigenvalue weighted by atomic mass is 10.1. The van der Waals surface area contributed by atoms with Gasteiger partial charge in [-0.3, -0.25) is 14.5 Å². The first-order valence-corrected chi connectivity index (χ1v) is 5.31. The molecule has 2 fully saturated rings. The number of nitrogens with zero attached hydrogens (tertiary/aromatic N) is 2. The first kappa shape index (κ1) is 10.4. The van der Waals surface area contributed by atoms with Crippen molar-refractivity contribution in [3.8, 4) is 0 Å².